The smallest absolute Gasteiger partial charge is 0.324 e. The molecule has 0 amide bonds. The second-order valence-electron chi connectivity index (χ2n) is 4.83. The van der Waals surface area contributed by atoms with Crippen molar-refractivity contribution >= 4 is 34.2 Å². The van der Waals surface area contributed by atoms with Crippen molar-refractivity contribution in [3.05, 3.63) is 35.4 Å². The molecule has 4 nitrogen and oxygen atoms in total. The van der Waals surface area contributed by atoms with Crippen LogP contribution in [0, 0.1) is 11.3 Å². The van der Waals surface area contributed by atoms with Gasteiger partial charge in [-0.05, 0) is 36.2 Å². The predicted octanol–water partition coefficient (Wildman–Crippen LogP) is 4.51. The molecule has 0 N–H and O–H groups in total. The highest BCUT2D eigenvalue weighted by Crippen LogP contribution is 2.28. The minimum absolute atomic E-state index is 0.0217. The standard InChI is InChI=1S/C17H19Cl2NO3/c1-3-4-9-23-17(21)15(18)10-13(11-20)16(19)12-5-7-14(22-2)8-6-12/h5-8,15H,3-4,9-10H2,1-2H3/b16-13-. The Bertz CT molecular complexity index is 591. The Morgan fingerprint density at radius 1 is 1.35 bits per heavy atom. The van der Waals surface area contributed by atoms with Gasteiger partial charge in [0.1, 0.15) is 11.1 Å². The van der Waals surface area contributed by atoms with E-state index in [-0.39, 0.29) is 17.0 Å². The zero-order chi connectivity index (χ0) is 17.2. The third-order valence-corrected chi connectivity index (χ3v) is 3.90. The number of nitrogens with zero attached hydrogens (tertiary/aromatic N) is 1. The van der Waals surface area contributed by atoms with Gasteiger partial charge in [0.25, 0.3) is 0 Å². The van der Waals surface area contributed by atoms with Gasteiger partial charge < -0.3 is 9.47 Å². The van der Waals surface area contributed by atoms with E-state index in [4.69, 9.17) is 32.7 Å². The largest absolute Gasteiger partial charge is 0.497 e. The molecule has 23 heavy (non-hydrogen) atoms. The van der Waals surface area contributed by atoms with Crippen LogP contribution in [0.5, 0.6) is 5.75 Å². The van der Waals surface area contributed by atoms with E-state index in [9.17, 15) is 10.1 Å². The monoisotopic (exact) mass is 355 g/mol. The molecule has 1 rings (SSSR count). The fourth-order valence-corrected chi connectivity index (χ4v) is 2.23. The van der Waals surface area contributed by atoms with Crippen molar-refractivity contribution in [2.24, 2.45) is 0 Å². The number of benzene rings is 1. The first-order valence-electron chi connectivity index (χ1n) is 7.27. The van der Waals surface area contributed by atoms with E-state index < -0.39 is 11.3 Å². The molecular weight excluding hydrogens is 337 g/mol. The summed E-state index contributed by atoms with van der Waals surface area (Å²) in [5.74, 6) is 0.151. The van der Waals surface area contributed by atoms with Gasteiger partial charge in [0.05, 0.1) is 30.4 Å². The second-order valence-corrected chi connectivity index (χ2v) is 5.73. The summed E-state index contributed by atoms with van der Waals surface area (Å²) in [6, 6.07) is 8.96. The highest BCUT2D eigenvalue weighted by Gasteiger charge is 2.20. The molecule has 1 atom stereocenters. The maximum Gasteiger partial charge on any atom is 0.324 e. The topological polar surface area (TPSA) is 59.3 Å². The van der Waals surface area contributed by atoms with Crippen LogP contribution >= 0.6 is 23.2 Å². The first-order chi connectivity index (χ1) is 11.0. The van der Waals surface area contributed by atoms with Crippen LogP contribution < -0.4 is 4.74 Å². The summed E-state index contributed by atoms with van der Waals surface area (Å²) < 4.78 is 10.1. The number of alkyl halides is 1. The number of halogens is 2. The van der Waals surface area contributed by atoms with Crippen LogP contribution in [0.1, 0.15) is 31.7 Å². The van der Waals surface area contributed by atoms with E-state index in [1.54, 1.807) is 31.4 Å². The Hall–Kier alpha value is -1.70. The van der Waals surface area contributed by atoms with Crippen LogP contribution in [0.25, 0.3) is 5.03 Å². The summed E-state index contributed by atoms with van der Waals surface area (Å²) in [6.07, 6.45) is 1.73. The van der Waals surface area contributed by atoms with Crippen molar-refractivity contribution in [3.8, 4) is 11.8 Å². The summed E-state index contributed by atoms with van der Waals surface area (Å²) in [7, 11) is 1.56. The highest BCUT2D eigenvalue weighted by atomic mass is 35.5. The van der Waals surface area contributed by atoms with E-state index in [0.717, 1.165) is 12.8 Å². The lowest BCUT2D eigenvalue weighted by Gasteiger charge is -2.10. The molecule has 0 spiro atoms. The van der Waals surface area contributed by atoms with Crippen LogP contribution in [0.4, 0.5) is 0 Å². The molecule has 1 unspecified atom stereocenters. The van der Waals surface area contributed by atoms with Gasteiger partial charge in [0.15, 0.2) is 0 Å². The van der Waals surface area contributed by atoms with Crippen LogP contribution in [-0.4, -0.2) is 25.1 Å². The number of ether oxygens (including phenoxy) is 2. The quantitative estimate of drug-likeness (QED) is 0.298. The second kappa shape index (κ2) is 10.1. The number of hydrogen-bond donors (Lipinski definition) is 0. The molecule has 0 saturated carbocycles. The third-order valence-electron chi connectivity index (χ3n) is 3.12. The number of allylic oxidation sites excluding steroid dienone is 1. The molecule has 0 radical (unpaired) electrons. The molecule has 1 aromatic rings. The minimum Gasteiger partial charge on any atom is -0.497 e. The predicted molar refractivity (Wildman–Crippen MR) is 91.5 cm³/mol. The zero-order valence-corrected chi connectivity index (χ0v) is 14.7. The average Bonchev–Trinajstić information content (AvgIpc) is 2.59. The van der Waals surface area contributed by atoms with Crippen molar-refractivity contribution < 1.29 is 14.3 Å². The van der Waals surface area contributed by atoms with E-state index in [2.05, 4.69) is 0 Å². The molecule has 0 aromatic heterocycles. The van der Waals surface area contributed by atoms with Gasteiger partial charge in [-0.1, -0.05) is 24.9 Å². The molecule has 6 heteroatoms. The van der Waals surface area contributed by atoms with E-state index >= 15 is 0 Å². The van der Waals surface area contributed by atoms with E-state index in [1.165, 1.54) is 0 Å². The first-order valence-corrected chi connectivity index (χ1v) is 8.08. The number of unbranched alkanes of at least 4 members (excludes halogenated alkanes) is 1. The lowest BCUT2D eigenvalue weighted by molar-refractivity contribution is -0.143. The third kappa shape index (κ3) is 6.13. The number of nitriles is 1. The van der Waals surface area contributed by atoms with Gasteiger partial charge in [-0.15, -0.1) is 11.6 Å². The van der Waals surface area contributed by atoms with Gasteiger partial charge in [-0.3, -0.25) is 4.79 Å². The van der Waals surface area contributed by atoms with Crippen molar-refractivity contribution in [2.45, 2.75) is 31.6 Å². The summed E-state index contributed by atoms with van der Waals surface area (Å²) in [5, 5.41) is 8.60. The van der Waals surface area contributed by atoms with Gasteiger partial charge in [0, 0.05) is 6.42 Å². The maximum absolute atomic E-state index is 11.8. The normalized spacial score (nSPS) is 12.8. The van der Waals surface area contributed by atoms with E-state index in [0.29, 0.717) is 17.9 Å². The molecule has 0 aliphatic rings. The lowest BCUT2D eigenvalue weighted by atomic mass is 10.1. The number of carbonyl (C=O) groups excluding carboxylic acids is 1. The zero-order valence-electron chi connectivity index (χ0n) is 13.1. The molecule has 0 heterocycles. The molecule has 0 aliphatic heterocycles. The number of esters is 1. The number of methoxy groups -OCH3 is 1. The summed E-state index contributed by atoms with van der Waals surface area (Å²) in [6.45, 7) is 2.33. The summed E-state index contributed by atoms with van der Waals surface area (Å²) in [5.41, 5.74) is 0.900. The number of carbonyl (C=O) groups is 1. The van der Waals surface area contributed by atoms with Crippen LogP contribution in [-0.2, 0) is 9.53 Å². The Morgan fingerprint density at radius 3 is 2.52 bits per heavy atom. The Labute approximate surface area is 146 Å². The lowest BCUT2D eigenvalue weighted by Crippen LogP contribution is -2.19. The first kappa shape index (κ1) is 19.3. The minimum atomic E-state index is -0.937. The highest BCUT2D eigenvalue weighted by molar-refractivity contribution is 6.49. The fourth-order valence-electron chi connectivity index (χ4n) is 1.77. The van der Waals surface area contributed by atoms with Crippen molar-refractivity contribution in [1.29, 1.82) is 5.26 Å². The van der Waals surface area contributed by atoms with Crippen LogP contribution in [0.2, 0.25) is 0 Å². The Kier molecular flexibility index (Phi) is 8.53. The van der Waals surface area contributed by atoms with Gasteiger partial charge in [-0.2, -0.15) is 5.26 Å². The molecule has 0 fully saturated rings. The van der Waals surface area contributed by atoms with Crippen molar-refractivity contribution in [2.75, 3.05) is 13.7 Å². The Balaban J connectivity index is 2.80. The number of hydrogen-bond acceptors (Lipinski definition) is 4. The fraction of sp³-hybridized carbons (Fsp3) is 0.412. The SMILES string of the molecule is CCCCOC(=O)C(Cl)C/C(C#N)=C(/Cl)c1ccc(OC)cc1. The average molecular weight is 356 g/mol. The van der Waals surface area contributed by atoms with Gasteiger partial charge in [-0.25, -0.2) is 0 Å². The Morgan fingerprint density at radius 2 is 2.00 bits per heavy atom. The molecule has 1 aromatic carbocycles. The molecule has 124 valence electrons. The van der Waals surface area contributed by atoms with Gasteiger partial charge in [0.2, 0.25) is 0 Å². The maximum atomic E-state index is 11.8. The molecule has 0 bridgehead atoms. The number of rotatable bonds is 8. The summed E-state index contributed by atoms with van der Waals surface area (Å²) in [4.78, 5) is 11.8. The van der Waals surface area contributed by atoms with Crippen molar-refractivity contribution in [3.63, 3.8) is 0 Å². The van der Waals surface area contributed by atoms with Crippen LogP contribution in [0.15, 0.2) is 29.8 Å². The van der Waals surface area contributed by atoms with Gasteiger partial charge >= 0.3 is 5.97 Å². The van der Waals surface area contributed by atoms with E-state index in [1.807, 2.05) is 13.0 Å². The van der Waals surface area contributed by atoms with Crippen LogP contribution in [0.3, 0.4) is 0 Å². The molecular formula is C17H19Cl2NO3. The molecule has 0 aliphatic carbocycles. The van der Waals surface area contributed by atoms with Crippen molar-refractivity contribution in [1.82, 2.24) is 0 Å². The summed E-state index contributed by atoms with van der Waals surface area (Å²) >= 11 is 12.3. The molecule has 0 saturated heterocycles.